The van der Waals surface area contributed by atoms with Crippen molar-refractivity contribution in [2.75, 3.05) is 13.1 Å². The number of nitrogens with zero attached hydrogens (tertiary/aromatic N) is 3. The Morgan fingerprint density at radius 3 is 2.86 bits per heavy atom. The Morgan fingerprint density at radius 2 is 2.10 bits per heavy atom. The van der Waals surface area contributed by atoms with E-state index in [1.807, 2.05) is 6.92 Å². The second-order valence-electron chi connectivity index (χ2n) is 8.03. The highest BCUT2D eigenvalue weighted by molar-refractivity contribution is 5.80. The lowest BCUT2D eigenvalue weighted by molar-refractivity contribution is 0.0396. The number of nitrogens with one attached hydrogen (secondary N) is 2. The van der Waals surface area contributed by atoms with Crippen LogP contribution in [-0.2, 0) is 6.42 Å². The normalized spacial score (nSPS) is 20.3. The number of aliphatic imine (C=N–C) groups is 1. The van der Waals surface area contributed by atoms with E-state index in [0.717, 1.165) is 50.4 Å². The van der Waals surface area contributed by atoms with E-state index in [0.29, 0.717) is 18.3 Å². The van der Waals surface area contributed by atoms with Gasteiger partial charge in [0.15, 0.2) is 11.8 Å². The Kier molecular flexibility index (Phi) is 6.02. The van der Waals surface area contributed by atoms with Gasteiger partial charge in [-0.1, -0.05) is 23.4 Å². The van der Waals surface area contributed by atoms with Gasteiger partial charge in [-0.05, 0) is 52.0 Å². The van der Waals surface area contributed by atoms with Gasteiger partial charge >= 0.3 is 0 Å². The minimum absolute atomic E-state index is 0.0286. The Labute approximate surface area is 172 Å². The molecular formula is C22H31N5O2. The molecule has 4 rings (SSSR count). The van der Waals surface area contributed by atoms with Crippen LogP contribution in [0.3, 0.4) is 0 Å². The van der Waals surface area contributed by atoms with E-state index in [-0.39, 0.29) is 11.6 Å². The first-order chi connectivity index (χ1) is 14.2. The molecule has 7 heteroatoms. The highest BCUT2D eigenvalue weighted by Crippen LogP contribution is 2.46. The van der Waals surface area contributed by atoms with E-state index in [1.165, 1.54) is 18.4 Å². The molecule has 2 aromatic rings. The Balaban J connectivity index is 1.43. The third-order valence-electron chi connectivity index (χ3n) is 5.76. The van der Waals surface area contributed by atoms with E-state index < -0.39 is 0 Å². The molecule has 0 radical (unpaired) electrons. The number of hydrogen-bond acceptors (Lipinski definition) is 5. The highest BCUT2D eigenvalue weighted by atomic mass is 16.5. The van der Waals surface area contributed by atoms with Crippen LogP contribution in [0.5, 0.6) is 5.75 Å². The molecule has 1 aromatic heterocycles. The van der Waals surface area contributed by atoms with Crippen LogP contribution < -0.4 is 15.4 Å². The molecule has 2 aliphatic rings. The van der Waals surface area contributed by atoms with Gasteiger partial charge in [-0.25, -0.2) is 0 Å². The molecule has 1 atom stereocenters. The smallest absolute Gasteiger partial charge is 0.226 e. The van der Waals surface area contributed by atoms with Gasteiger partial charge in [0.25, 0.3) is 0 Å². The molecular weight excluding hydrogens is 366 g/mol. The second kappa shape index (κ2) is 8.84. The predicted molar refractivity (Wildman–Crippen MR) is 112 cm³/mol. The number of rotatable bonds is 6. The first-order valence-electron chi connectivity index (χ1n) is 10.8. The van der Waals surface area contributed by atoms with E-state index in [4.69, 9.17) is 14.3 Å². The van der Waals surface area contributed by atoms with Crippen LogP contribution in [0, 0.1) is 6.92 Å². The Bertz CT molecular complexity index is 841. The fourth-order valence-corrected chi connectivity index (χ4v) is 4.42. The topological polar surface area (TPSA) is 84.6 Å². The van der Waals surface area contributed by atoms with E-state index in [1.54, 1.807) is 0 Å². The van der Waals surface area contributed by atoms with Crippen molar-refractivity contribution in [1.29, 1.82) is 0 Å². The summed E-state index contributed by atoms with van der Waals surface area (Å²) in [6.45, 7) is 5.45. The summed E-state index contributed by atoms with van der Waals surface area (Å²) < 4.78 is 11.7. The number of fused-ring (bicyclic) bond motifs is 1. The van der Waals surface area contributed by atoms with Crippen LogP contribution in [0.15, 0.2) is 33.8 Å². The zero-order chi connectivity index (χ0) is 20.1. The highest BCUT2D eigenvalue weighted by Gasteiger charge is 2.43. The summed E-state index contributed by atoms with van der Waals surface area (Å²) in [7, 11) is 0. The summed E-state index contributed by atoms with van der Waals surface area (Å²) in [6, 6.07) is 8.60. The molecule has 1 unspecified atom stereocenters. The number of para-hydroxylation sites is 1. The number of hydrogen-bond donors (Lipinski definition) is 2. The van der Waals surface area contributed by atoms with Crippen LogP contribution in [0.25, 0.3) is 0 Å². The average molecular weight is 398 g/mol. The van der Waals surface area contributed by atoms with Gasteiger partial charge in [-0.2, -0.15) is 4.98 Å². The van der Waals surface area contributed by atoms with Crippen molar-refractivity contribution < 1.29 is 9.26 Å². The molecule has 2 heterocycles. The van der Waals surface area contributed by atoms with Gasteiger partial charge in [0.05, 0.1) is 6.04 Å². The van der Waals surface area contributed by atoms with Crippen molar-refractivity contribution in [2.45, 2.75) is 70.4 Å². The minimum atomic E-state index is -0.0286. The van der Waals surface area contributed by atoms with E-state index >= 15 is 0 Å². The molecule has 1 aliphatic carbocycles. The third kappa shape index (κ3) is 4.71. The molecule has 0 saturated heterocycles. The Hall–Kier alpha value is -2.57. The van der Waals surface area contributed by atoms with Crippen LogP contribution in [-0.4, -0.2) is 34.8 Å². The summed E-state index contributed by atoms with van der Waals surface area (Å²) in [5.74, 6) is 3.22. The SMILES string of the molecule is CCNC(=NCCCc1nc(C)no1)NC1CC2(CCCC2)Oc2ccccc21. The van der Waals surface area contributed by atoms with Crippen molar-refractivity contribution in [3.05, 3.63) is 41.5 Å². The summed E-state index contributed by atoms with van der Waals surface area (Å²) in [4.78, 5) is 9.03. The summed E-state index contributed by atoms with van der Waals surface area (Å²) in [5, 5.41) is 10.9. The summed E-state index contributed by atoms with van der Waals surface area (Å²) >= 11 is 0. The average Bonchev–Trinajstić information content (AvgIpc) is 3.34. The van der Waals surface area contributed by atoms with Crippen molar-refractivity contribution in [1.82, 2.24) is 20.8 Å². The monoisotopic (exact) mass is 397 g/mol. The number of ether oxygens (including phenoxy) is 1. The van der Waals surface area contributed by atoms with Crippen molar-refractivity contribution in [3.8, 4) is 5.75 Å². The van der Waals surface area contributed by atoms with E-state index in [2.05, 4.69) is 52.0 Å². The van der Waals surface area contributed by atoms with E-state index in [9.17, 15) is 0 Å². The van der Waals surface area contributed by atoms with Crippen LogP contribution >= 0.6 is 0 Å². The molecule has 1 aromatic carbocycles. The van der Waals surface area contributed by atoms with Gasteiger partial charge in [-0.15, -0.1) is 0 Å². The molecule has 1 aliphatic heterocycles. The summed E-state index contributed by atoms with van der Waals surface area (Å²) in [6.07, 6.45) is 7.36. The van der Waals surface area contributed by atoms with Crippen LogP contribution in [0.4, 0.5) is 0 Å². The standard InChI is InChI=1S/C22H31N5O2/c1-3-23-21(24-14-8-11-20-25-16(2)27-29-20)26-18-15-22(12-6-7-13-22)28-19-10-5-4-9-17(18)19/h4-5,9-10,18H,3,6-8,11-15H2,1-2H3,(H2,23,24,26). The number of guanidine groups is 1. The lowest BCUT2D eigenvalue weighted by Crippen LogP contribution is -2.46. The first-order valence-corrected chi connectivity index (χ1v) is 10.8. The number of aromatic nitrogens is 2. The fourth-order valence-electron chi connectivity index (χ4n) is 4.42. The third-order valence-corrected chi connectivity index (χ3v) is 5.76. The predicted octanol–water partition coefficient (Wildman–Crippen LogP) is 3.70. The van der Waals surface area contributed by atoms with Gasteiger partial charge in [-0.3, -0.25) is 4.99 Å². The van der Waals surface area contributed by atoms with Gasteiger partial charge < -0.3 is 19.9 Å². The van der Waals surface area contributed by atoms with Gasteiger partial charge in [0, 0.05) is 31.5 Å². The van der Waals surface area contributed by atoms with Crippen LogP contribution in [0.2, 0.25) is 0 Å². The Morgan fingerprint density at radius 1 is 1.28 bits per heavy atom. The maximum Gasteiger partial charge on any atom is 0.226 e. The molecule has 1 fully saturated rings. The molecule has 0 amide bonds. The summed E-state index contributed by atoms with van der Waals surface area (Å²) in [5.41, 5.74) is 1.19. The van der Waals surface area contributed by atoms with Crippen molar-refractivity contribution in [3.63, 3.8) is 0 Å². The molecule has 1 spiro atoms. The number of benzene rings is 1. The lowest BCUT2D eigenvalue weighted by atomic mass is 9.86. The minimum Gasteiger partial charge on any atom is -0.487 e. The molecule has 29 heavy (non-hydrogen) atoms. The lowest BCUT2D eigenvalue weighted by Gasteiger charge is -2.40. The zero-order valence-electron chi connectivity index (χ0n) is 17.4. The van der Waals surface area contributed by atoms with Crippen molar-refractivity contribution >= 4 is 5.96 Å². The fraction of sp³-hybridized carbons (Fsp3) is 0.591. The van der Waals surface area contributed by atoms with Gasteiger partial charge in [0.1, 0.15) is 11.4 Å². The maximum absolute atomic E-state index is 6.48. The first kappa shape index (κ1) is 19.7. The largest absolute Gasteiger partial charge is 0.487 e. The molecule has 2 N–H and O–H groups in total. The zero-order valence-corrected chi connectivity index (χ0v) is 17.4. The maximum atomic E-state index is 6.48. The number of aryl methyl sites for hydroxylation is 2. The molecule has 156 valence electrons. The van der Waals surface area contributed by atoms with Crippen LogP contribution in [0.1, 0.15) is 68.8 Å². The molecule has 1 saturated carbocycles. The van der Waals surface area contributed by atoms with Crippen molar-refractivity contribution in [2.24, 2.45) is 4.99 Å². The van der Waals surface area contributed by atoms with Gasteiger partial charge in [0.2, 0.25) is 5.89 Å². The molecule has 0 bridgehead atoms. The molecule has 7 nitrogen and oxygen atoms in total. The quantitative estimate of drug-likeness (QED) is 0.439. The second-order valence-corrected chi connectivity index (χ2v) is 8.03.